The number of aromatic nitrogens is 3. The number of nitrogen functional groups attached to an aromatic ring is 1. The predicted octanol–water partition coefficient (Wildman–Crippen LogP) is 3.19. The number of nitro groups is 1. The molecule has 8 nitrogen and oxygen atoms in total. The van der Waals surface area contributed by atoms with Crippen LogP contribution >= 0.6 is 0 Å². The van der Waals surface area contributed by atoms with Gasteiger partial charge < -0.3 is 10.8 Å². The van der Waals surface area contributed by atoms with Crippen molar-refractivity contribution in [1.29, 1.82) is 0 Å². The molecule has 0 bridgehead atoms. The molecule has 1 saturated carbocycles. The number of anilines is 1. The number of hydrogen-bond acceptors (Lipinski definition) is 6. The Morgan fingerprint density at radius 3 is 2.45 bits per heavy atom. The van der Waals surface area contributed by atoms with E-state index in [-0.39, 0.29) is 21.8 Å². The molecule has 0 radical (unpaired) electrons. The lowest BCUT2D eigenvalue weighted by molar-refractivity contribution is -0.585. The van der Waals surface area contributed by atoms with Gasteiger partial charge in [-0.3, -0.25) is 10.1 Å². The van der Waals surface area contributed by atoms with E-state index in [2.05, 4.69) is 10.1 Å². The monoisotopic (exact) mass is 403 g/mol. The third kappa shape index (κ3) is 2.91. The Balaban J connectivity index is 2.02. The number of fused-ring (bicyclic) bond motifs is 1. The maximum atomic E-state index is 14.3. The summed E-state index contributed by atoms with van der Waals surface area (Å²) < 4.78 is 29.9. The average Bonchev–Trinajstić information content (AvgIpc) is 3.09. The molecule has 2 aromatic heterocycles. The van der Waals surface area contributed by atoms with Crippen LogP contribution in [0.15, 0.2) is 24.5 Å². The summed E-state index contributed by atoms with van der Waals surface area (Å²) in [5.74, 6) is -1.79. The minimum Gasteiger partial charge on any atom is -0.391 e. The van der Waals surface area contributed by atoms with E-state index in [1.807, 2.05) is 0 Å². The summed E-state index contributed by atoms with van der Waals surface area (Å²) in [5, 5.41) is 25.4. The zero-order valence-electron chi connectivity index (χ0n) is 15.4. The summed E-state index contributed by atoms with van der Waals surface area (Å²) in [6, 6.07) is 3.67. The molecule has 3 aromatic rings. The number of aliphatic hydroxyl groups excluding tert-OH is 1. The highest BCUT2D eigenvalue weighted by molar-refractivity contribution is 5.88. The molecule has 0 spiro atoms. The second-order valence-electron chi connectivity index (χ2n) is 7.27. The minimum atomic E-state index is -1.36. The molecule has 10 heteroatoms. The van der Waals surface area contributed by atoms with Gasteiger partial charge in [0, 0.05) is 28.9 Å². The Morgan fingerprint density at radius 2 is 1.86 bits per heavy atom. The van der Waals surface area contributed by atoms with Gasteiger partial charge in [-0.25, -0.2) is 18.3 Å². The Bertz CT molecular complexity index is 1090. The minimum absolute atomic E-state index is 0.0441. The molecule has 0 amide bonds. The van der Waals surface area contributed by atoms with Gasteiger partial charge in [0.05, 0.1) is 6.61 Å². The highest BCUT2D eigenvalue weighted by atomic mass is 19.1. The van der Waals surface area contributed by atoms with Crippen LogP contribution in [0, 0.1) is 21.7 Å². The highest BCUT2D eigenvalue weighted by Crippen LogP contribution is 2.43. The van der Waals surface area contributed by atoms with Gasteiger partial charge >= 0.3 is 0 Å². The molecule has 0 atom stereocenters. The van der Waals surface area contributed by atoms with Gasteiger partial charge in [0.25, 0.3) is 5.54 Å². The highest BCUT2D eigenvalue weighted by Gasteiger charge is 2.48. The topological polar surface area (TPSA) is 120 Å². The average molecular weight is 403 g/mol. The number of aliphatic hydroxyl groups is 1. The maximum Gasteiger partial charge on any atom is 0.263 e. The summed E-state index contributed by atoms with van der Waals surface area (Å²) in [6.07, 6.45) is 4.16. The van der Waals surface area contributed by atoms with E-state index in [0.717, 1.165) is 18.6 Å². The molecule has 1 aliphatic rings. The lowest BCUT2D eigenvalue weighted by Crippen LogP contribution is -2.38. The van der Waals surface area contributed by atoms with Crippen LogP contribution in [0.25, 0.3) is 16.6 Å². The van der Waals surface area contributed by atoms with Gasteiger partial charge in [-0.2, -0.15) is 5.10 Å². The van der Waals surface area contributed by atoms with Gasteiger partial charge in [0.1, 0.15) is 29.2 Å². The van der Waals surface area contributed by atoms with Crippen molar-refractivity contribution < 1.29 is 18.8 Å². The van der Waals surface area contributed by atoms with Gasteiger partial charge in [-0.1, -0.05) is 6.42 Å². The zero-order valence-corrected chi connectivity index (χ0v) is 15.4. The summed E-state index contributed by atoms with van der Waals surface area (Å²) in [7, 11) is 0. The first-order valence-electron chi connectivity index (χ1n) is 9.25. The fraction of sp³-hybridized carbons (Fsp3) is 0.368. The van der Waals surface area contributed by atoms with E-state index < -0.39 is 29.3 Å². The van der Waals surface area contributed by atoms with E-state index in [1.54, 1.807) is 0 Å². The molecular formula is C19H19F2N5O3. The molecule has 0 aliphatic heterocycles. The van der Waals surface area contributed by atoms with Crippen molar-refractivity contribution in [3.05, 3.63) is 57.5 Å². The molecule has 1 fully saturated rings. The molecule has 2 heterocycles. The van der Waals surface area contributed by atoms with E-state index in [4.69, 9.17) is 10.8 Å². The standard InChI is InChI=1S/C19H19F2N5O3/c20-14-6-11(7-15(21)13(14)9-27)12-8-16(25-17(12)18(22)23-10-24-25)19(26(28)29)4-2-1-3-5-19/h6-8,10,27H,1-5,9H2,(H2,22,23,24). The van der Waals surface area contributed by atoms with Crippen molar-refractivity contribution in [2.75, 3.05) is 5.73 Å². The van der Waals surface area contributed by atoms with Gasteiger partial charge in [0.2, 0.25) is 0 Å². The quantitative estimate of drug-likeness (QED) is 0.510. The summed E-state index contributed by atoms with van der Waals surface area (Å²) in [5.41, 5.74) is 5.21. The molecule has 29 heavy (non-hydrogen) atoms. The van der Waals surface area contributed by atoms with E-state index in [9.17, 15) is 18.9 Å². The first-order valence-corrected chi connectivity index (χ1v) is 9.25. The van der Waals surface area contributed by atoms with Crippen LogP contribution in [0.3, 0.4) is 0 Å². The Kier molecular flexibility index (Phi) is 4.65. The third-order valence-corrected chi connectivity index (χ3v) is 5.70. The van der Waals surface area contributed by atoms with Crippen molar-refractivity contribution in [3.8, 4) is 11.1 Å². The molecule has 0 saturated heterocycles. The SMILES string of the molecule is Nc1ncnn2c(C3([N+](=O)[O-])CCCCC3)cc(-c3cc(F)c(CO)c(F)c3)c12. The summed E-state index contributed by atoms with van der Waals surface area (Å²) in [6.45, 7) is -0.782. The molecule has 3 N–H and O–H groups in total. The van der Waals surface area contributed by atoms with E-state index in [0.29, 0.717) is 36.9 Å². The molecule has 1 aliphatic carbocycles. The van der Waals surface area contributed by atoms with Crippen molar-refractivity contribution in [2.24, 2.45) is 0 Å². The summed E-state index contributed by atoms with van der Waals surface area (Å²) >= 11 is 0. The lowest BCUT2D eigenvalue weighted by atomic mass is 9.79. The van der Waals surface area contributed by atoms with Crippen molar-refractivity contribution >= 4 is 11.3 Å². The van der Waals surface area contributed by atoms with Crippen molar-refractivity contribution in [1.82, 2.24) is 14.6 Å². The van der Waals surface area contributed by atoms with Crippen LogP contribution in [0.4, 0.5) is 14.6 Å². The number of benzene rings is 1. The smallest absolute Gasteiger partial charge is 0.263 e. The second-order valence-corrected chi connectivity index (χ2v) is 7.27. The summed E-state index contributed by atoms with van der Waals surface area (Å²) in [4.78, 5) is 15.8. The van der Waals surface area contributed by atoms with Gasteiger partial charge in [-0.05, 0) is 36.6 Å². The second kappa shape index (κ2) is 7.03. The van der Waals surface area contributed by atoms with Gasteiger partial charge in [0.15, 0.2) is 5.82 Å². The van der Waals surface area contributed by atoms with E-state index in [1.165, 1.54) is 16.9 Å². The lowest BCUT2D eigenvalue weighted by Gasteiger charge is -2.28. The van der Waals surface area contributed by atoms with Crippen LogP contribution in [0.5, 0.6) is 0 Å². The fourth-order valence-electron chi connectivity index (χ4n) is 4.20. The molecule has 1 aromatic carbocycles. The predicted molar refractivity (Wildman–Crippen MR) is 100 cm³/mol. The van der Waals surface area contributed by atoms with Crippen molar-refractivity contribution in [3.63, 3.8) is 0 Å². The Labute approximate surface area is 164 Å². The zero-order chi connectivity index (χ0) is 20.8. The largest absolute Gasteiger partial charge is 0.391 e. The van der Waals surface area contributed by atoms with Crippen LogP contribution < -0.4 is 5.73 Å². The third-order valence-electron chi connectivity index (χ3n) is 5.70. The first-order chi connectivity index (χ1) is 13.9. The van der Waals surface area contributed by atoms with Crippen LogP contribution in [-0.4, -0.2) is 24.6 Å². The Hall–Kier alpha value is -3.14. The van der Waals surface area contributed by atoms with Crippen molar-refractivity contribution in [2.45, 2.75) is 44.2 Å². The Morgan fingerprint density at radius 1 is 1.21 bits per heavy atom. The first kappa shape index (κ1) is 19.2. The van der Waals surface area contributed by atoms with Crippen LogP contribution in [0.1, 0.15) is 43.4 Å². The molecule has 0 unspecified atom stereocenters. The maximum absolute atomic E-state index is 14.3. The normalized spacial score (nSPS) is 16.2. The molecular weight excluding hydrogens is 384 g/mol. The van der Waals surface area contributed by atoms with Crippen LogP contribution in [-0.2, 0) is 12.1 Å². The number of nitrogens with two attached hydrogens (primary N) is 1. The molecule has 152 valence electrons. The molecule has 4 rings (SSSR count). The number of rotatable bonds is 4. The number of nitrogens with zero attached hydrogens (tertiary/aromatic N) is 4. The van der Waals surface area contributed by atoms with Gasteiger partial charge in [-0.15, -0.1) is 0 Å². The van der Waals surface area contributed by atoms with E-state index >= 15 is 0 Å². The number of hydrogen-bond donors (Lipinski definition) is 2. The van der Waals surface area contributed by atoms with Crippen LogP contribution in [0.2, 0.25) is 0 Å². The number of halogens is 2. The fourth-order valence-corrected chi connectivity index (χ4v) is 4.20.